The number of hydrogen-bond acceptors (Lipinski definition) is 4. The highest BCUT2D eigenvalue weighted by atomic mass is 16.5. The van der Waals surface area contributed by atoms with E-state index in [2.05, 4.69) is 22.4 Å². The molecule has 2 aromatic heterocycles. The van der Waals surface area contributed by atoms with Gasteiger partial charge in [-0.15, -0.1) is 5.10 Å². The Balaban J connectivity index is 1.22. The minimum absolute atomic E-state index is 0.0214. The van der Waals surface area contributed by atoms with Gasteiger partial charge < -0.3 is 10.1 Å². The van der Waals surface area contributed by atoms with Crippen molar-refractivity contribution < 1.29 is 9.53 Å². The molecule has 2 aromatic rings. The second-order valence-corrected chi connectivity index (χ2v) is 8.77. The van der Waals surface area contributed by atoms with E-state index < -0.39 is 0 Å². The first kappa shape index (κ1) is 16.1. The van der Waals surface area contributed by atoms with Crippen LogP contribution in [0.15, 0.2) is 24.4 Å². The molecular weight excluding hydrogens is 328 g/mol. The van der Waals surface area contributed by atoms with Gasteiger partial charge in [0, 0.05) is 12.2 Å². The van der Waals surface area contributed by atoms with Gasteiger partial charge in [-0.3, -0.25) is 9.20 Å². The van der Waals surface area contributed by atoms with Crippen molar-refractivity contribution in [3.05, 3.63) is 24.4 Å². The second-order valence-electron chi connectivity index (χ2n) is 8.77. The van der Waals surface area contributed by atoms with Crippen molar-refractivity contribution in [1.29, 1.82) is 0 Å². The zero-order chi connectivity index (χ0) is 17.7. The molecule has 0 aromatic carbocycles. The zero-order valence-corrected chi connectivity index (χ0v) is 15.2. The molecule has 26 heavy (non-hydrogen) atoms. The number of hydrogen-bond donors (Lipinski definition) is 1. The third-order valence-electron chi connectivity index (χ3n) is 7.00. The standard InChI is InChI=1S/C20H26N4O2/c1-13(20-9-14-6-15(10-20)8-16(7-14)11-20)21-18(25)12-26-19-23-22-17-4-2-3-5-24(17)19/h2-5,13-16H,6-12H2,1H3,(H,21,25)/t13-,14?,15?,16?,20?/m1/s1. The number of nitrogens with zero attached hydrogens (tertiary/aromatic N) is 3. The molecule has 138 valence electrons. The van der Waals surface area contributed by atoms with Crippen LogP contribution in [0.3, 0.4) is 0 Å². The first-order valence-corrected chi connectivity index (χ1v) is 9.83. The summed E-state index contributed by atoms with van der Waals surface area (Å²) in [7, 11) is 0. The van der Waals surface area contributed by atoms with E-state index in [9.17, 15) is 4.79 Å². The Morgan fingerprint density at radius 1 is 1.23 bits per heavy atom. The fourth-order valence-corrected chi connectivity index (χ4v) is 6.19. The zero-order valence-electron chi connectivity index (χ0n) is 15.2. The first-order chi connectivity index (χ1) is 12.6. The van der Waals surface area contributed by atoms with Gasteiger partial charge in [0.25, 0.3) is 5.91 Å². The number of pyridine rings is 1. The van der Waals surface area contributed by atoms with E-state index in [0.29, 0.717) is 17.1 Å². The number of carbonyl (C=O) groups is 1. The second kappa shape index (κ2) is 5.96. The summed E-state index contributed by atoms with van der Waals surface area (Å²) in [6.07, 6.45) is 9.96. The molecule has 6 heteroatoms. The number of aromatic nitrogens is 3. The lowest BCUT2D eigenvalue weighted by Crippen LogP contribution is -2.56. The van der Waals surface area contributed by atoms with E-state index in [4.69, 9.17) is 4.74 Å². The molecule has 0 unspecified atom stereocenters. The minimum atomic E-state index is -0.0686. The predicted molar refractivity (Wildman–Crippen MR) is 96.7 cm³/mol. The number of amides is 1. The lowest BCUT2D eigenvalue weighted by atomic mass is 9.48. The molecule has 6 nitrogen and oxygen atoms in total. The highest BCUT2D eigenvalue weighted by molar-refractivity contribution is 5.77. The molecule has 0 aliphatic heterocycles. The van der Waals surface area contributed by atoms with Gasteiger partial charge in [-0.05, 0) is 80.8 Å². The highest BCUT2D eigenvalue weighted by Crippen LogP contribution is 2.61. The third-order valence-corrected chi connectivity index (χ3v) is 7.00. The van der Waals surface area contributed by atoms with Crippen molar-refractivity contribution in [2.45, 2.75) is 51.5 Å². The first-order valence-electron chi connectivity index (χ1n) is 9.83. The molecule has 4 aliphatic carbocycles. The molecule has 0 radical (unpaired) electrons. The van der Waals surface area contributed by atoms with E-state index in [1.807, 2.05) is 24.4 Å². The molecule has 1 N–H and O–H groups in total. The summed E-state index contributed by atoms with van der Waals surface area (Å²) in [5, 5.41) is 11.3. The normalized spacial score (nSPS) is 33.3. The Kier molecular flexibility index (Phi) is 3.69. The summed E-state index contributed by atoms with van der Waals surface area (Å²) < 4.78 is 7.36. The van der Waals surface area contributed by atoms with E-state index in [-0.39, 0.29) is 18.6 Å². The van der Waals surface area contributed by atoms with Gasteiger partial charge in [-0.1, -0.05) is 11.2 Å². The number of nitrogens with one attached hydrogen (secondary N) is 1. The van der Waals surface area contributed by atoms with E-state index in [1.165, 1.54) is 38.5 Å². The molecule has 4 fully saturated rings. The van der Waals surface area contributed by atoms with E-state index >= 15 is 0 Å². The van der Waals surface area contributed by atoms with Gasteiger partial charge >= 0.3 is 6.01 Å². The molecule has 4 bridgehead atoms. The van der Waals surface area contributed by atoms with E-state index in [1.54, 1.807) is 4.40 Å². The quantitative estimate of drug-likeness (QED) is 0.896. The SMILES string of the molecule is C[C@@H](NC(=O)COc1nnc2ccccn12)C12CC3CC(CC(C3)C1)C2. The minimum Gasteiger partial charge on any atom is -0.453 e. The van der Waals surface area contributed by atoms with Crippen LogP contribution in [-0.4, -0.2) is 33.2 Å². The Morgan fingerprint density at radius 2 is 1.92 bits per heavy atom. The maximum atomic E-state index is 12.5. The Hall–Kier alpha value is -2.11. The lowest BCUT2D eigenvalue weighted by Gasteiger charge is -2.59. The van der Waals surface area contributed by atoms with Crippen LogP contribution in [0, 0.1) is 23.2 Å². The van der Waals surface area contributed by atoms with Gasteiger partial charge in [0.15, 0.2) is 12.3 Å². The monoisotopic (exact) mass is 354 g/mol. The van der Waals surface area contributed by atoms with Crippen molar-refractivity contribution in [2.75, 3.05) is 6.61 Å². The van der Waals surface area contributed by atoms with Gasteiger partial charge in [0.1, 0.15) is 0 Å². The smallest absolute Gasteiger partial charge is 0.322 e. The number of fused-ring (bicyclic) bond motifs is 1. The van der Waals surface area contributed by atoms with Crippen molar-refractivity contribution in [3.8, 4) is 6.01 Å². The Morgan fingerprint density at radius 3 is 2.62 bits per heavy atom. The fraction of sp³-hybridized carbons (Fsp3) is 0.650. The van der Waals surface area contributed by atoms with Gasteiger partial charge in [0.05, 0.1) is 0 Å². The van der Waals surface area contributed by atoms with Crippen LogP contribution in [-0.2, 0) is 4.79 Å². The number of rotatable bonds is 5. The molecule has 6 rings (SSSR count). The average Bonchev–Trinajstić information content (AvgIpc) is 3.02. The molecule has 0 saturated heterocycles. The van der Waals surface area contributed by atoms with Crippen molar-refractivity contribution in [3.63, 3.8) is 0 Å². The molecule has 4 aliphatic rings. The van der Waals surface area contributed by atoms with Gasteiger partial charge in [-0.2, -0.15) is 0 Å². The maximum Gasteiger partial charge on any atom is 0.322 e. The molecule has 1 amide bonds. The maximum absolute atomic E-state index is 12.5. The summed E-state index contributed by atoms with van der Waals surface area (Å²) >= 11 is 0. The Bertz CT molecular complexity index is 795. The van der Waals surface area contributed by atoms with Crippen molar-refractivity contribution >= 4 is 11.6 Å². The third kappa shape index (κ3) is 2.66. The van der Waals surface area contributed by atoms with Crippen LogP contribution in [0.1, 0.15) is 45.4 Å². The van der Waals surface area contributed by atoms with Crippen LogP contribution in [0.4, 0.5) is 0 Å². The summed E-state index contributed by atoms with van der Waals surface area (Å²) in [5.74, 6) is 2.60. The van der Waals surface area contributed by atoms with Crippen molar-refractivity contribution in [1.82, 2.24) is 19.9 Å². The number of carbonyl (C=O) groups excluding carboxylic acids is 1. The fourth-order valence-electron chi connectivity index (χ4n) is 6.19. The van der Waals surface area contributed by atoms with Crippen LogP contribution in [0.5, 0.6) is 6.01 Å². The van der Waals surface area contributed by atoms with E-state index in [0.717, 1.165) is 17.8 Å². The summed E-state index contributed by atoms with van der Waals surface area (Å²) in [6, 6.07) is 6.21. The van der Waals surface area contributed by atoms with Crippen LogP contribution in [0.2, 0.25) is 0 Å². The van der Waals surface area contributed by atoms with Crippen LogP contribution < -0.4 is 10.1 Å². The molecule has 0 spiro atoms. The predicted octanol–water partition coefficient (Wildman–Crippen LogP) is 2.83. The topological polar surface area (TPSA) is 68.5 Å². The lowest BCUT2D eigenvalue weighted by molar-refractivity contribution is -0.128. The summed E-state index contributed by atoms with van der Waals surface area (Å²) in [4.78, 5) is 12.5. The Labute approximate surface area is 153 Å². The average molecular weight is 354 g/mol. The number of ether oxygens (including phenoxy) is 1. The van der Waals surface area contributed by atoms with Crippen molar-refractivity contribution in [2.24, 2.45) is 23.2 Å². The summed E-state index contributed by atoms with van der Waals surface area (Å²) in [6.45, 7) is 2.17. The highest BCUT2D eigenvalue weighted by Gasteiger charge is 2.53. The molecule has 1 atom stereocenters. The van der Waals surface area contributed by atoms with Crippen LogP contribution >= 0.6 is 0 Å². The largest absolute Gasteiger partial charge is 0.453 e. The molecular formula is C20H26N4O2. The van der Waals surface area contributed by atoms with Gasteiger partial charge in [0.2, 0.25) is 0 Å². The van der Waals surface area contributed by atoms with Crippen LogP contribution in [0.25, 0.3) is 5.65 Å². The van der Waals surface area contributed by atoms with Gasteiger partial charge in [-0.25, -0.2) is 0 Å². The molecule has 4 saturated carbocycles. The molecule has 2 heterocycles. The summed E-state index contributed by atoms with van der Waals surface area (Å²) in [5.41, 5.74) is 1.02.